The largest absolute Gasteiger partial charge is 0.545 e. The molecule has 1 unspecified atom stereocenters. The smallest absolute Gasteiger partial charge is 0.399 e. The molecule has 0 aliphatic carbocycles. The van der Waals surface area contributed by atoms with E-state index in [9.17, 15) is 27.5 Å². The zero-order valence-electron chi connectivity index (χ0n) is 12.3. The quantitative estimate of drug-likeness (QED) is 0.698. The van der Waals surface area contributed by atoms with E-state index in [1.54, 1.807) is 0 Å². The molecular formula is C17H9Cl2F4O2-. The van der Waals surface area contributed by atoms with Crippen molar-refractivity contribution in [1.82, 2.24) is 0 Å². The zero-order chi connectivity index (χ0) is 18.8. The molecule has 0 heterocycles. The van der Waals surface area contributed by atoms with Gasteiger partial charge in [0.25, 0.3) is 0 Å². The number of carboxylic acid groups (broad SMARTS) is 1. The first kappa shape index (κ1) is 19.3. The number of allylic oxidation sites excluding steroid dienone is 1. The lowest BCUT2D eigenvalue weighted by atomic mass is 9.97. The van der Waals surface area contributed by atoms with Crippen molar-refractivity contribution in [2.75, 3.05) is 0 Å². The topological polar surface area (TPSA) is 40.1 Å². The van der Waals surface area contributed by atoms with Gasteiger partial charge in [0.05, 0.1) is 11.9 Å². The van der Waals surface area contributed by atoms with Crippen LogP contribution in [0.2, 0.25) is 10.0 Å². The minimum absolute atomic E-state index is 0.0505. The Morgan fingerprint density at radius 1 is 1.08 bits per heavy atom. The van der Waals surface area contributed by atoms with Crippen LogP contribution in [0.15, 0.2) is 42.5 Å². The summed E-state index contributed by atoms with van der Waals surface area (Å²) < 4.78 is 53.5. The zero-order valence-corrected chi connectivity index (χ0v) is 13.8. The highest BCUT2D eigenvalue weighted by Gasteiger charge is 2.39. The second kappa shape index (κ2) is 7.45. The summed E-state index contributed by atoms with van der Waals surface area (Å²) in [7, 11) is 0. The Hall–Kier alpha value is -2.05. The second-order valence-corrected chi connectivity index (χ2v) is 5.98. The van der Waals surface area contributed by atoms with Gasteiger partial charge in [0, 0.05) is 15.6 Å². The summed E-state index contributed by atoms with van der Waals surface area (Å²) in [6.45, 7) is 0. The van der Waals surface area contributed by atoms with Crippen LogP contribution in [0.3, 0.4) is 0 Å². The molecule has 2 aromatic rings. The predicted molar refractivity (Wildman–Crippen MR) is 85.0 cm³/mol. The monoisotopic (exact) mass is 391 g/mol. The van der Waals surface area contributed by atoms with Crippen LogP contribution in [0.4, 0.5) is 17.6 Å². The van der Waals surface area contributed by atoms with Crippen molar-refractivity contribution in [1.29, 1.82) is 0 Å². The average Bonchev–Trinajstić information content (AvgIpc) is 2.44. The average molecular weight is 392 g/mol. The molecule has 2 nitrogen and oxygen atoms in total. The molecule has 25 heavy (non-hydrogen) atoms. The van der Waals surface area contributed by atoms with E-state index in [-0.39, 0.29) is 21.2 Å². The molecule has 0 aromatic heterocycles. The third-order valence-electron chi connectivity index (χ3n) is 3.29. The summed E-state index contributed by atoms with van der Waals surface area (Å²) >= 11 is 11.5. The fraction of sp³-hybridized carbons (Fsp3) is 0.118. The van der Waals surface area contributed by atoms with Crippen LogP contribution in [0.1, 0.15) is 27.4 Å². The molecule has 0 fully saturated rings. The molecule has 0 saturated heterocycles. The fourth-order valence-corrected chi connectivity index (χ4v) is 2.71. The first-order chi connectivity index (χ1) is 11.6. The van der Waals surface area contributed by atoms with Gasteiger partial charge in [-0.15, -0.1) is 0 Å². The summed E-state index contributed by atoms with van der Waals surface area (Å²) in [6, 6.07) is 6.47. The van der Waals surface area contributed by atoms with E-state index in [2.05, 4.69) is 0 Å². The Kier molecular flexibility index (Phi) is 5.75. The van der Waals surface area contributed by atoms with Crippen molar-refractivity contribution in [3.63, 3.8) is 0 Å². The maximum Gasteiger partial charge on any atom is 0.399 e. The van der Waals surface area contributed by atoms with Crippen LogP contribution in [0.25, 0.3) is 6.08 Å². The van der Waals surface area contributed by atoms with Crippen LogP contribution >= 0.6 is 23.2 Å². The van der Waals surface area contributed by atoms with Gasteiger partial charge in [-0.1, -0.05) is 41.4 Å². The minimum Gasteiger partial charge on any atom is -0.545 e. The maximum absolute atomic E-state index is 13.6. The normalized spacial score (nSPS) is 13.2. The Balaban J connectivity index is 2.39. The molecule has 0 saturated carbocycles. The lowest BCUT2D eigenvalue weighted by molar-refractivity contribution is -0.255. The predicted octanol–water partition coefficient (Wildman–Crippen LogP) is 4.86. The van der Waals surface area contributed by atoms with E-state index in [1.807, 2.05) is 0 Å². The van der Waals surface area contributed by atoms with Gasteiger partial charge in [-0.25, -0.2) is 4.39 Å². The molecule has 0 radical (unpaired) electrons. The maximum atomic E-state index is 13.6. The van der Waals surface area contributed by atoms with Gasteiger partial charge in [0.15, 0.2) is 0 Å². The Labute approximate surface area is 150 Å². The number of alkyl halides is 3. The summed E-state index contributed by atoms with van der Waals surface area (Å²) in [5.41, 5.74) is -0.788. The van der Waals surface area contributed by atoms with Gasteiger partial charge in [0.1, 0.15) is 5.82 Å². The molecule has 1 atom stereocenters. The molecule has 0 N–H and O–H groups in total. The van der Waals surface area contributed by atoms with Crippen molar-refractivity contribution in [2.24, 2.45) is 0 Å². The number of hydrogen-bond acceptors (Lipinski definition) is 2. The molecule has 132 valence electrons. The van der Waals surface area contributed by atoms with Crippen LogP contribution in [-0.4, -0.2) is 12.1 Å². The van der Waals surface area contributed by atoms with Crippen molar-refractivity contribution in [3.05, 3.63) is 75.0 Å². The Morgan fingerprint density at radius 3 is 2.16 bits per heavy atom. The van der Waals surface area contributed by atoms with Gasteiger partial charge in [-0.05, 0) is 41.5 Å². The molecule has 0 aliphatic heterocycles. The summed E-state index contributed by atoms with van der Waals surface area (Å²) in [5, 5.41) is 10.7. The van der Waals surface area contributed by atoms with E-state index in [4.69, 9.17) is 23.2 Å². The molecule has 2 rings (SSSR count). The van der Waals surface area contributed by atoms with Crippen molar-refractivity contribution < 1.29 is 27.5 Å². The van der Waals surface area contributed by atoms with E-state index in [1.165, 1.54) is 12.1 Å². The Morgan fingerprint density at radius 2 is 1.68 bits per heavy atom. The van der Waals surface area contributed by atoms with Crippen LogP contribution in [0, 0.1) is 5.82 Å². The van der Waals surface area contributed by atoms with Gasteiger partial charge in [-0.3, -0.25) is 0 Å². The lowest BCUT2D eigenvalue weighted by Gasteiger charge is -2.18. The third-order valence-corrected chi connectivity index (χ3v) is 3.73. The number of carboxylic acids is 1. The highest BCUT2D eigenvalue weighted by atomic mass is 35.5. The van der Waals surface area contributed by atoms with Crippen LogP contribution < -0.4 is 5.11 Å². The number of aromatic carboxylic acids is 1. The second-order valence-electron chi connectivity index (χ2n) is 5.11. The summed E-state index contributed by atoms with van der Waals surface area (Å²) in [4.78, 5) is 10.6. The van der Waals surface area contributed by atoms with E-state index >= 15 is 0 Å². The molecule has 0 aliphatic rings. The van der Waals surface area contributed by atoms with Crippen LogP contribution in [-0.2, 0) is 0 Å². The number of rotatable bonds is 4. The number of carbonyl (C=O) groups is 1. The van der Waals surface area contributed by atoms with Gasteiger partial charge in [0.2, 0.25) is 0 Å². The molecule has 0 bridgehead atoms. The molecular weight excluding hydrogens is 383 g/mol. The van der Waals surface area contributed by atoms with Gasteiger partial charge in [-0.2, -0.15) is 13.2 Å². The van der Waals surface area contributed by atoms with E-state index < -0.39 is 29.4 Å². The highest BCUT2D eigenvalue weighted by molar-refractivity contribution is 6.34. The van der Waals surface area contributed by atoms with Crippen molar-refractivity contribution in [2.45, 2.75) is 12.1 Å². The van der Waals surface area contributed by atoms with Gasteiger partial charge < -0.3 is 9.90 Å². The summed E-state index contributed by atoms with van der Waals surface area (Å²) in [6.07, 6.45) is -2.78. The molecule has 8 heteroatoms. The lowest BCUT2D eigenvalue weighted by Crippen LogP contribution is -2.23. The number of benzene rings is 2. The number of halogens is 6. The highest BCUT2D eigenvalue weighted by Crippen LogP contribution is 2.38. The number of hydrogen-bond donors (Lipinski definition) is 0. The van der Waals surface area contributed by atoms with E-state index in [0.29, 0.717) is 0 Å². The third kappa shape index (κ3) is 4.96. The van der Waals surface area contributed by atoms with Gasteiger partial charge >= 0.3 is 6.18 Å². The van der Waals surface area contributed by atoms with E-state index in [0.717, 1.165) is 36.4 Å². The SMILES string of the molecule is O=C([O-])c1ccc(C=CC(c2cc(Cl)cc(Cl)c2)C(F)(F)F)cc1F. The molecule has 0 amide bonds. The Bertz CT molecular complexity index is 812. The summed E-state index contributed by atoms with van der Waals surface area (Å²) in [5.74, 6) is -4.83. The van der Waals surface area contributed by atoms with Crippen molar-refractivity contribution >= 4 is 35.2 Å². The standard InChI is InChI=1S/C17H10Cl2F4O2/c18-11-6-10(7-12(19)8-11)14(17(21,22)23)4-2-9-1-3-13(16(24)25)15(20)5-9/h1-8,14H,(H,24,25)/p-1. The molecule has 2 aromatic carbocycles. The molecule has 0 spiro atoms. The fourth-order valence-electron chi connectivity index (χ4n) is 2.17. The number of carbonyl (C=O) groups excluding carboxylic acids is 1. The first-order valence-corrected chi connectivity index (χ1v) is 7.55. The first-order valence-electron chi connectivity index (χ1n) is 6.79. The van der Waals surface area contributed by atoms with Crippen molar-refractivity contribution in [3.8, 4) is 0 Å². The van der Waals surface area contributed by atoms with Crippen LogP contribution in [0.5, 0.6) is 0 Å². The minimum atomic E-state index is -4.63.